The number of allylic oxidation sites excluding steroid dienone is 1. The second-order valence-electron chi connectivity index (χ2n) is 8.09. The van der Waals surface area contributed by atoms with Crippen molar-refractivity contribution in [1.82, 2.24) is 15.2 Å². The Kier molecular flexibility index (Phi) is 3.82. The normalized spacial score (nSPS) is 23.4. The summed E-state index contributed by atoms with van der Waals surface area (Å²) in [6, 6.07) is 8.30. The SMILES string of the molecule is CC1=CCN(C)C2=Nc3c(cccc3-c3cc4c([nH]3)C(CNC4=O)C1)NC2C. The maximum Gasteiger partial charge on any atom is 0.253 e. The van der Waals surface area contributed by atoms with E-state index in [0.717, 1.165) is 52.7 Å². The third kappa shape index (κ3) is 2.63. The molecule has 3 N–H and O–H groups in total. The lowest BCUT2D eigenvalue weighted by atomic mass is 9.91. The number of aliphatic imine (C=N–C) groups is 1. The third-order valence-corrected chi connectivity index (χ3v) is 6.00. The Morgan fingerprint density at radius 3 is 2.96 bits per heavy atom. The van der Waals surface area contributed by atoms with E-state index in [1.54, 1.807) is 0 Å². The fourth-order valence-corrected chi connectivity index (χ4v) is 4.49. The van der Waals surface area contributed by atoms with Crippen molar-refractivity contribution < 1.29 is 4.79 Å². The summed E-state index contributed by atoms with van der Waals surface area (Å²) in [5, 5.41) is 6.63. The number of aromatic amines is 1. The minimum atomic E-state index is 0.00273. The molecule has 6 nitrogen and oxygen atoms in total. The molecular formula is C22H25N5O. The Morgan fingerprint density at radius 2 is 2.11 bits per heavy atom. The number of rotatable bonds is 0. The zero-order chi connectivity index (χ0) is 19.4. The highest BCUT2D eigenvalue weighted by molar-refractivity contribution is 6.02. The number of para-hydroxylation sites is 1. The fraction of sp³-hybridized carbons (Fsp3) is 0.364. The number of likely N-dealkylation sites (N-methyl/N-ethyl adjacent to an activating group) is 1. The lowest BCUT2D eigenvalue weighted by molar-refractivity contribution is 0.0940. The molecule has 6 heteroatoms. The molecule has 1 amide bonds. The molecule has 0 saturated carbocycles. The van der Waals surface area contributed by atoms with Crippen molar-refractivity contribution in [1.29, 1.82) is 0 Å². The van der Waals surface area contributed by atoms with Crippen LogP contribution in [-0.2, 0) is 0 Å². The Hall–Kier alpha value is -3.02. The van der Waals surface area contributed by atoms with Crippen molar-refractivity contribution in [2.75, 3.05) is 25.5 Å². The van der Waals surface area contributed by atoms with E-state index in [1.807, 2.05) is 12.1 Å². The Balaban J connectivity index is 1.75. The van der Waals surface area contributed by atoms with Crippen LogP contribution in [0.3, 0.4) is 0 Å². The van der Waals surface area contributed by atoms with Crippen molar-refractivity contribution in [2.24, 2.45) is 4.99 Å². The molecule has 2 atom stereocenters. The molecule has 0 saturated heterocycles. The van der Waals surface area contributed by atoms with Crippen LogP contribution in [0.15, 0.2) is 40.9 Å². The maximum atomic E-state index is 12.5. The average molecular weight is 375 g/mol. The van der Waals surface area contributed by atoms with Crippen LogP contribution < -0.4 is 10.6 Å². The number of nitrogens with zero attached hydrogens (tertiary/aromatic N) is 2. The van der Waals surface area contributed by atoms with Crippen LogP contribution in [-0.4, -0.2) is 47.8 Å². The van der Waals surface area contributed by atoms with Crippen LogP contribution in [0.4, 0.5) is 11.4 Å². The van der Waals surface area contributed by atoms with E-state index in [9.17, 15) is 4.79 Å². The molecule has 0 radical (unpaired) electrons. The lowest BCUT2D eigenvalue weighted by Gasteiger charge is -2.31. The van der Waals surface area contributed by atoms with Gasteiger partial charge in [0, 0.05) is 43.0 Å². The van der Waals surface area contributed by atoms with Gasteiger partial charge in [0.15, 0.2) is 0 Å². The van der Waals surface area contributed by atoms with Crippen LogP contribution in [0.25, 0.3) is 11.3 Å². The highest BCUT2D eigenvalue weighted by atomic mass is 16.1. The highest BCUT2D eigenvalue weighted by Gasteiger charge is 2.30. The standard InChI is InChI=1S/C22H25N5O/c1-12-7-8-27(3)21-13(2)24-17-6-4-5-15(20(17)26-21)18-10-16-19(25-18)14(9-12)11-23-22(16)28/h4-7,10,13-14,24-25H,8-9,11H2,1-3H3,(H,23,28). The summed E-state index contributed by atoms with van der Waals surface area (Å²) in [6.45, 7) is 5.79. The number of amides is 1. The van der Waals surface area contributed by atoms with Crippen LogP contribution in [0, 0.1) is 0 Å². The van der Waals surface area contributed by atoms with Crippen molar-refractivity contribution >= 4 is 23.1 Å². The molecule has 144 valence electrons. The van der Waals surface area contributed by atoms with Crippen LogP contribution in [0.5, 0.6) is 0 Å². The van der Waals surface area contributed by atoms with Gasteiger partial charge in [-0.15, -0.1) is 0 Å². The van der Waals surface area contributed by atoms with Crippen LogP contribution in [0.1, 0.15) is 42.2 Å². The predicted octanol–water partition coefficient (Wildman–Crippen LogP) is 3.63. The van der Waals surface area contributed by atoms with Gasteiger partial charge >= 0.3 is 0 Å². The number of H-pyrrole nitrogens is 1. The smallest absolute Gasteiger partial charge is 0.253 e. The van der Waals surface area contributed by atoms with Crippen molar-refractivity contribution in [2.45, 2.75) is 32.2 Å². The molecule has 3 aliphatic rings. The van der Waals surface area contributed by atoms with Crippen molar-refractivity contribution in [3.05, 3.63) is 47.2 Å². The monoisotopic (exact) mass is 375 g/mol. The Morgan fingerprint density at radius 1 is 1.25 bits per heavy atom. The van der Waals surface area contributed by atoms with Gasteiger partial charge in [0.1, 0.15) is 5.84 Å². The average Bonchev–Trinajstić information content (AvgIpc) is 3.13. The van der Waals surface area contributed by atoms with E-state index in [-0.39, 0.29) is 17.9 Å². The first-order valence-electron chi connectivity index (χ1n) is 9.87. The van der Waals surface area contributed by atoms with Gasteiger partial charge in [0.2, 0.25) is 0 Å². The summed E-state index contributed by atoms with van der Waals surface area (Å²) >= 11 is 0. The Labute approximate surface area is 164 Å². The molecule has 0 spiro atoms. The van der Waals surface area contributed by atoms with Crippen molar-refractivity contribution in [3.8, 4) is 11.3 Å². The maximum absolute atomic E-state index is 12.5. The predicted molar refractivity (Wildman–Crippen MR) is 112 cm³/mol. The molecular weight excluding hydrogens is 350 g/mol. The first kappa shape index (κ1) is 17.1. The molecule has 1 aromatic heterocycles. The highest BCUT2D eigenvalue weighted by Crippen LogP contribution is 2.41. The van der Waals surface area contributed by atoms with Gasteiger partial charge < -0.3 is 20.5 Å². The van der Waals surface area contributed by atoms with E-state index < -0.39 is 0 Å². The number of carbonyl (C=O) groups excluding carboxylic acids is 1. The second kappa shape index (κ2) is 6.26. The molecule has 3 aliphatic heterocycles. The summed E-state index contributed by atoms with van der Waals surface area (Å²) in [6.07, 6.45) is 3.20. The second-order valence-corrected chi connectivity index (χ2v) is 8.09. The summed E-state index contributed by atoms with van der Waals surface area (Å²) in [7, 11) is 2.10. The van der Waals surface area contributed by atoms with Crippen LogP contribution in [0.2, 0.25) is 0 Å². The molecule has 2 aromatic rings. The number of hydrogen-bond donors (Lipinski definition) is 3. The van der Waals surface area contributed by atoms with Gasteiger partial charge in [-0.2, -0.15) is 0 Å². The number of carbonyl (C=O) groups is 1. The van der Waals surface area contributed by atoms with Gasteiger partial charge in [-0.1, -0.05) is 23.8 Å². The fourth-order valence-electron chi connectivity index (χ4n) is 4.49. The minimum absolute atomic E-state index is 0.00273. The number of aromatic nitrogens is 1. The topological polar surface area (TPSA) is 72.5 Å². The van der Waals surface area contributed by atoms with Gasteiger partial charge in [-0.05, 0) is 32.4 Å². The molecule has 0 fully saturated rings. The largest absolute Gasteiger partial charge is 0.374 e. The molecule has 4 bridgehead atoms. The summed E-state index contributed by atoms with van der Waals surface area (Å²) < 4.78 is 0. The van der Waals surface area contributed by atoms with Crippen molar-refractivity contribution in [3.63, 3.8) is 0 Å². The minimum Gasteiger partial charge on any atom is -0.374 e. The zero-order valence-corrected chi connectivity index (χ0v) is 16.5. The molecule has 2 unspecified atom stereocenters. The van der Waals surface area contributed by atoms with E-state index >= 15 is 0 Å². The molecule has 28 heavy (non-hydrogen) atoms. The number of benzene rings is 1. The van der Waals surface area contributed by atoms with E-state index in [4.69, 9.17) is 4.99 Å². The van der Waals surface area contributed by atoms with Gasteiger partial charge in [-0.3, -0.25) is 4.79 Å². The number of hydrogen-bond acceptors (Lipinski definition) is 4. The summed E-state index contributed by atoms with van der Waals surface area (Å²) in [5.41, 5.74) is 7.05. The quantitative estimate of drug-likeness (QED) is 0.616. The molecule has 1 aromatic carbocycles. The molecule has 4 heterocycles. The first-order chi connectivity index (χ1) is 13.5. The first-order valence-corrected chi connectivity index (χ1v) is 9.87. The van der Waals surface area contributed by atoms with E-state index in [2.05, 4.69) is 59.6 Å². The number of anilines is 1. The van der Waals surface area contributed by atoms with Gasteiger partial charge in [0.25, 0.3) is 5.91 Å². The van der Waals surface area contributed by atoms with E-state index in [1.165, 1.54) is 5.57 Å². The molecule has 5 rings (SSSR count). The molecule has 0 aliphatic carbocycles. The number of amidine groups is 1. The van der Waals surface area contributed by atoms with Crippen LogP contribution >= 0.6 is 0 Å². The number of nitrogens with one attached hydrogen (secondary N) is 3. The van der Waals surface area contributed by atoms with E-state index in [0.29, 0.717) is 6.54 Å². The number of fused-ring (bicyclic) bond motifs is 2. The van der Waals surface area contributed by atoms with Gasteiger partial charge in [-0.25, -0.2) is 4.99 Å². The Bertz CT molecular complexity index is 1030. The zero-order valence-electron chi connectivity index (χ0n) is 16.5. The third-order valence-electron chi connectivity index (χ3n) is 6.00. The lowest BCUT2D eigenvalue weighted by Crippen LogP contribution is -2.41. The van der Waals surface area contributed by atoms with Gasteiger partial charge in [0.05, 0.1) is 23.0 Å². The summed E-state index contributed by atoms with van der Waals surface area (Å²) in [4.78, 5) is 23.3. The summed E-state index contributed by atoms with van der Waals surface area (Å²) in [5.74, 6) is 1.29.